The summed E-state index contributed by atoms with van der Waals surface area (Å²) in [6.45, 7) is -0.0624. The Bertz CT molecular complexity index is 982. The van der Waals surface area contributed by atoms with Gasteiger partial charge in [0.2, 0.25) is 0 Å². The molecule has 4 nitrogen and oxygen atoms in total. The molecule has 0 bridgehead atoms. The van der Waals surface area contributed by atoms with Crippen LogP contribution in [0.15, 0.2) is 50.4 Å². The zero-order chi connectivity index (χ0) is 21.1. The first-order valence-corrected chi connectivity index (χ1v) is 11.5. The van der Waals surface area contributed by atoms with E-state index in [4.69, 9.17) is 16.3 Å². The van der Waals surface area contributed by atoms with Gasteiger partial charge in [-0.05, 0) is 61.7 Å². The molecule has 0 saturated carbocycles. The molecule has 0 unspecified atom stereocenters. The fraction of sp³-hybridized carbons (Fsp3) is 0.200. The van der Waals surface area contributed by atoms with Crippen molar-refractivity contribution >= 4 is 67.0 Å². The zero-order valence-electron chi connectivity index (χ0n) is 14.8. The van der Waals surface area contributed by atoms with Crippen LogP contribution in [0, 0.1) is 5.82 Å². The molecule has 2 aromatic rings. The average Bonchev–Trinajstić information content (AvgIpc) is 3.13. The lowest BCUT2D eigenvalue weighted by Crippen LogP contribution is -2.12. The quantitative estimate of drug-likeness (QED) is 0.459. The minimum atomic E-state index is -1.05. The van der Waals surface area contributed by atoms with Crippen LogP contribution in [0.2, 0.25) is 5.02 Å². The van der Waals surface area contributed by atoms with Crippen molar-refractivity contribution < 1.29 is 23.8 Å². The predicted molar refractivity (Wildman–Crippen MR) is 118 cm³/mol. The minimum absolute atomic E-state index is 0.0624. The van der Waals surface area contributed by atoms with Crippen LogP contribution in [0.25, 0.3) is 0 Å². The van der Waals surface area contributed by atoms with Gasteiger partial charge < -0.3 is 9.84 Å². The molecule has 0 saturated heterocycles. The van der Waals surface area contributed by atoms with E-state index in [2.05, 4.69) is 31.9 Å². The highest BCUT2D eigenvalue weighted by atomic mass is 79.9. The van der Waals surface area contributed by atoms with Gasteiger partial charge >= 0.3 is 5.97 Å². The van der Waals surface area contributed by atoms with E-state index in [1.807, 2.05) is 0 Å². The van der Waals surface area contributed by atoms with Gasteiger partial charge in [-0.3, -0.25) is 4.79 Å². The summed E-state index contributed by atoms with van der Waals surface area (Å²) >= 11 is 14.3. The van der Waals surface area contributed by atoms with Crippen LogP contribution < -0.4 is 4.74 Å². The number of hydrogen-bond donors (Lipinski definition) is 1. The molecular weight excluding hydrogens is 551 g/mol. The Morgan fingerprint density at radius 3 is 2.45 bits per heavy atom. The second-order valence-electron chi connectivity index (χ2n) is 6.23. The summed E-state index contributed by atoms with van der Waals surface area (Å²) in [6, 6.07) is 7.87. The molecule has 0 amide bonds. The molecule has 3 rings (SSSR count). The number of aliphatic carboxylic acids is 1. The molecule has 1 aliphatic rings. The van der Waals surface area contributed by atoms with Gasteiger partial charge in [0, 0.05) is 29.1 Å². The lowest BCUT2D eigenvalue weighted by Gasteiger charge is -2.13. The molecule has 0 aliphatic carbocycles. The number of ether oxygens (including phenoxy) is 1. The topological polar surface area (TPSA) is 63.6 Å². The monoisotopic (exact) mass is 562 g/mol. The number of ketones is 1. The Hall–Kier alpha value is -1.35. The fourth-order valence-electron chi connectivity index (χ4n) is 2.83. The highest BCUT2D eigenvalue weighted by Gasteiger charge is 2.26. The van der Waals surface area contributed by atoms with Crippen molar-refractivity contribution in [1.82, 2.24) is 0 Å². The number of carboxylic acids is 1. The molecule has 2 aromatic carbocycles. The van der Waals surface area contributed by atoms with E-state index in [0.717, 1.165) is 0 Å². The number of carboxylic acid groups (broad SMARTS) is 1. The van der Waals surface area contributed by atoms with Gasteiger partial charge in [-0.1, -0.05) is 17.7 Å². The SMILES string of the molecule is O=C(O)C1=C(C(=O)Cc2cc(Br)c(OCc3c(F)cccc3Cl)c(Br)c2)CSC1. The van der Waals surface area contributed by atoms with Crippen molar-refractivity contribution in [2.24, 2.45) is 0 Å². The number of benzene rings is 2. The number of thioether (sulfide) groups is 1. The molecule has 0 fully saturated rings. The summed E-state index contributed by atoms with van der Waals surface area (Å²) in [6.07, 6.45) is 0.0727. The fourth-order valence-corrected chi connectivity index (χ4v) is 5.70. The summed E-state index contributed by atoms with van der Waals surface area (Å²) in [4.78, 5) is 23.8. The Kier molecular flexibility index (Phi) is 7.42. The van der Waals surface area contributed by atoms with Gasteiger partial charge in [0.25, 0.3) is 0 Å². The van der Waals surface area contributed by atoms with E-state index < -0.39 is 11.8 Å². The first-order valence-electron chi connectivity index (χ1n) is 8.37. The largest absolute Gasteiger partial charge is 0.486 e. The summed E-state index contributed by atoms with van der Waals surface area (Å²) in [5.41, 5.74) is 1.49. The molecule has 1 heterocycles. The number of carbonyl (C=O) groups is 2. The molecular formula is C20H14Br2ClFO4S. The Labute approximate surface area is 192 Å². The van der Waals surface area contributed by atoms with Gasteiger partial charge in [-0.25, -0.2) is 9.18 Å². The first-order chi connectivity index (χ1) is 13.8. The zero-order valence-corrected chi connectivity index (χ0v) is 19.6. The maximum atomic E-state index is 13.9. The van der Waals surface area contributed by atoms with Crippen molar-refractivity contribution in [3.05, 3.63) is 72.4 Å². The van der Waals surface area contributed by atoms with E-state index >= 15 is 0 Å². The van der Waals surface area contributed by atoms with E-state index in [0.29, 0.717) is 37.3 Å². The van der Waals surface area contributed by atoms with Gasteiger partial charge in [0.15, 0.2) is 5.78 Å². The van der Waals surface area contributed by atoms with Crippen LogP contribution in [0.3, 0.4) is 0 Å². The molecule has 1 aliphatic heterocycles. The normalized spacial score (nSPS) is 13.7. The molecule has 29 heavy (non-hydrogen) atoms. The van der Waals surface area contributed by atoms with Crippen LogP contribution in [0.1, 0.15) is 11.1 Å². The Balaban J connectivity index is 1.77. The molecule has 0 spiro atoms. The molecule has 0 atom stereocenters. The molecule has 152 valence electrons. The standard InChI is InChI=1S/C20H14Br2ClFO4S/c21-14-4-10(6-18(25)12-8-29-9-13(12)20(26)27)5-15(22)19(14)28-7-11-16(23)2-1-3-17(11)24/h1-5H,6-9H2,(H,26,27). The van der Waals surface area contributed by atoms with Crippen LogP contribution in [-0.4, -0.2) is 28.4 Å². The summed E-state index contributed by atoms with van der Waals surface area (Å²) in [5, 5.41) is 9.50. The summed E-state index contributed by atoms with van der Waals surface area (Å²) in [5.74, 6) is -0.511. The van der Waals surface area contributed by atoms with Crippen LogP contribution in [0.4, 0.5) is 4.39 Å². The number of Topliss-reactive ketones (excluding diaryl/α,β-unsaturated/α-hetero) is 1. The lowest BCUT2D eigenvalue weighted by molar-refractivity contribution is -0.132. The second-order valence-corrected chi connectivity index (χ2v) is 9.33. The highest BCUT2D eigenvalue weighted by Crippen LogP contribution is 2.36. The predicted octanol–water partition coefficient (Wildman–Crippen LogP) is 5.82. The lowest BCUT2D eigenvalue weighted by atomic mass is 10.0. The maximum Gasteiger partial charge on any atom is 0.332 e. The average molecular weight is 565 g/mol. The summed E-state index contributed by atoms with van der Waals surface area (Å²) < 4.78 is 20.8. The number of halogens is 4. The van der Waals surface area contributed by atoms with Crippen molar-refractivity contribution in [1.29, 1.82) is 0 Å². The van der Waals surface area contributed by atoms with Gasteiger partial charge in [0.1, 0.15) is 18.2 Å². The van der Waals surface area contributed by atoms with E-state index in [1.165, 1.54) is 23.9 Å². The third kappa shape index (κ3) is 5.23. The van der Waals surface area contributed by atoms with Crippen LogP contribution >= 0.6 is 55.2 Å². The van der Waals surface area contributed by atoms with E-state index in [1.54, 1.807) is 18.2 Å². The molecule has 1 N–H and O–H groups in total. The molecule has 9 heteroatoms. The molecule has 0 aromatic heterocycles. The van der Waals surface area contributed by atoms with Crippen molar-refractivity contribution in [2.45, 2.75) is 13.0 Å². The van der Waals surface area contributed by atoms with Crippen LogP contribution in [-0.2, 0) is 22.6 Å². The van der Waals surface area contributed by atoms with Gasteiger partial charge in [-0.2, -0.15) is 11.8 Å². The van der Waals surface area contributed by atoms with E-state index in [-0.39, 0.29) is 35.0 Å². The maximum absolute atomic E-state index is 13.9. The van der Waals surface area contributed by atoms with Crippen molar-refractivity contribution in [2.75, 3.05) is 11.5 Å². The van der Waals surface area contributed by atoms with Gasteiger partial charge in [-0.15, -0.1) is 0 Å². The van der Waals surface area contributed by atoms with Crippen molar-refractivity contribution in [3.8, 4) is 5.75 Å². The Morgan fingerprint density at radius 2 is 1.83 bits per heavy atom. The van der Waals surface area contributed by atoms with Gasteiger partial charge in [0.05, 0.1) is 19.5 Å². The van der Waals surface area contributed by atoms with Crippen molar-refractivity contribution in [3.63, 3.8) is 0 Å². The number of hydrogen-bond acceptors (Lipinski definition) is 4. The smallest absolute Gasteiger partial charge is 0.332 e. The van der Waals surface area contributed by atoms with Crippen LogP contribution in [0.5, 0.6) is 5.75 Å². The minimum Gasteiger partial charge on any atom is -0.486 e. The number of rotatable bonds is 7. The molecule has 0 radical (unpaired) electrons. The number of carbonyl (C=O) groups excluding carboxylic acids is 1. The third-order valence-corrected chi connectivity index (χ3v) is 6.81. The second kappa shape index (κ2) is 9.64. The first kappa shape index (κ1) is 22.3. The third-order valence-electron chi connectivity index (χ3n) is 4.30. The van der Waals surface area contributed by atoms with E-state index in [9.17, 15) is 19.1 Å². The highest BCUT2D eigenvalue weighted by molar-refractivity contribution is 9.11. The Morgan fingerprint density at radius 1 is 1.17 bits per heavy atom. The summed E-state index contributed by atoms with van der Waals surface area (Å²) in [7, 11) is 0.